The Morgan fingerprint density at radius 2 is 2.19 bits per heavy atom. The molecular formula is C18H22N4O3S. The molecule has 0 spiro atoms. The van der Waals surface area contributed by atoms with E-state index >= 15 is 0 Å². The molecule has 0 saturated heterocycles. The zero-order valence-electron chi connectivity index (χ0n) is 15.1. The van der Waals surface area contributed by atoms with E-state index < -0.39 is 6.04 Å². The number of esters is 1. The number of allylic oxidation sites excluding steroid dienone is 1. The third-order valence-electron chi connectivity index (χ3n) is 4.11. The smallest absolute Gasteiger partial charge is 0.338 e. The maximum absolute atomic E-state index is 12.9. The summed E-state index contributed by atoms with van der Waals surface area (Å²) in [5.41, 5.74) is 2.04. The van der Waals surface area contributed by atoms with Crippen molar-refractivity contribution in [2.24, 2.45) is 0 Å². The number of benzene rings is 1. The summed E-state index contributed by atoms with van der Waals surface area (Å²) in [6.45, 7) is 4.29. The van der Waals surface area contributed by atoms with E-state index in [4.69, 9.17) is 9.47 Å². The Labute approximate surface area is 156 Å². The summed E-state index contributed by atoms with van der Waals surface area (Å²) in [7, 11) is 1.61. The fourth-order valence-corrected chi connectivity index (χ4v) is 3.44. The molecule has 1 aromatic carbocycles. The highest BCUT2D eigenvalue weighted by Gasteiger charge is 2.35. The Morgan fingerprint density at radius 1 is 1.38 bits per heavy atom. The van der Waals surface area contributed by atoms with Gasteiger partial charge in [-0.05, 0) is 18.7 Å². The zero-order chi connectivity index (χ0) is 18.5. The first-order valence-corrected chi connectivity index (χ1v) is 9.57. The molecule has 2 aromatic rings. The number of rotatable bonds is 7. The molecule has 0 aliphatic carbocycles. The van der Waals surface area contributed by atoms with E-state index in [0.29, 0.717) is 29.6 Å². The molecule has 138 valence electrons. The largest absolute Gasteiger partial charge is 0.496 e. The van der Waals surface area contributed by atoms with Gasteiger partial charge in [0.25, 0.3) is 0 Å². The minimum Gasteiger partial charge on any atom is -0.496 e. The Hall–Kier alpha value is -2.48. The van der Waals surface area contributed by atoms with Gasteiger partial charge in [0.15, 0.2) is 0 Å². The summed E-state index contributed by atoms with van der Waals surface area (Å²) >= 11 is 1.73. The highest BCUT2D eigenvalue weighted by atomic mass is 32.2. The Bertz CT molecular complexity index is 818. The number of para-hydroxylation sites is 1. The van der Waals surface area contributed by atoms with Gasteiger partial charge in [-0.15, -0.1) is 0 Å². The van der Waals surface area contributed by atoms with Crippen LogP contribution in [-0.2, 0) is 9.53 Å². The summed E-state index contributed by atoms with van der Waals surface area (Å²) in [5.74, 6) is 2.67. The summed E-state index contributed by atoms with van der Waals surface area (Å²) in [6, 6.07) is 7.13. The third-order valence-corrected chi connectivity index (χ3v) is 4.98. The molecular weight excluding hydrogens is 352 g/mol. The Balaban J connectivity index is 1.98. The molecule has 26 heavy (non-hydrogen) atoms. The average molecular weight is 374 g/mol. The van der Waals surface area contributed by atoms with Crippen molar-refractivity contribution < 1.29 is 14.3 Å². The maximum atomic E-state index is 12.9. The summed E-state index contributed by atoms with van der Waals surface area (Å²) < 4.78 is 12.7. The first-order chi connectivity index (χ1) is 12.7. The van der Waals surface area contributed by atoms with Crippen LogP contribution in [0.4, 0.5) is 5.95 Å². The number of aromatic nitrogens is 3. The van der Waals surface area contributed by atoms with Gasteiger partial charge >= 0.3 is 5.97 Å². The highest BCUT2D eigenvalue weighted by molar-refractivity contribution is 7.99. The number of fused-ring (bicyclic) bond motifs is 1. The van der Waals surface area contributed by atoms with E-state index in [1.165, 1.54) is 6.33 Å². The molecule has 0 fully saturated rings. The van der Waals surface area contributed by atoms with E-state index in [1.807, 2.05) is 31.2 Å². The van der Waals surface area contributed by atoms with E-state index in [9.17, 15) is 4.79 Å². The summed E-state index contributed by atoms with van der Waals surface area (Å²) in [5, 5.41) is 7.44. The monoisotopic (exact) mass is 374 g/mol. The molecule has 7 nitrogen and oxygen atoms in total. The third kappa shape index (κ3) is 3.55. The number of thioether (sulfide) groups is 1. The second-order valence-corrected chi connectivity index (χ2v) is 7.06. The van der Waals surface area contributed by atoms with Crippen LogP contribution in [0.15, 0.2) is 41.9 Å². The number of carbonyl (C=O) groups is 1. The molecule has 2 heterocycles. The van der Waals surface area contributed by atoms with Crippen molar-refractivity contribution in [2.75, 3.05) is 30.5 Å². The Morgan fingerprint density at radius 3 is 2.96 bits per heavy atom. The second kappa shape index (κ2) is 8.27. The summed E-state index contributed by atoms with van der Waals surface area (Å²) in [4.78, 5) is 17.1. The van der Waals surface area contributed by atoms with Crippen molar-refractivity contribution in [2.45, 2.75) is 19.9 Å². The van der Waals surface area contributed by atoms with Gasteiger partial charge in [0, 0.05) is 17.0 Å². The lowest BCUT2D eigenvalue weighted by atomic mass is 9.95. The van der Waals surface area contributed by atoms with Crippen LogP contribution in [0.1, 0.15) is 25.5 Å². The Kier molecular flexibility index (Phi) is 5.82. The number of hydrogen-bond acceptors (Lipinski definition) is 7. The van der Waals surface area contributed by atoms with Crippen LogP contribution in [0.5, 0.6) is 5.75 Å². The number of hydrogen-bond donors (Lipinski definition) is 1. The number of methoxy groups -OCH3 is 1. The molecule has 0 unspecified atom stereocenters. The molecule has 1 aliphatic rings. The van der Waals surface area contributed by atoms with Crippen molar-refractivity contribution in [3.63, 3.8) is 0 Å². The molecule has 3 rings (SSSR count). The van der Waals surface area contributed by atoms with Crippen LogP contribution in [0.25, 0.3) is 0 Å². The van der Waals surface area contributed by atoms with E-state index in [2.05, 4.69) is 22.3 Å². The van der Waals surface area contributed by atoms with Gasteiger partial charge in [-0.1, -0.05) is 25.1 Å². The average Bonchev–Trinajstić information content (AvgIpc) is 3.11. The summed E-state index contributed by atoms with van der Waals surface area (Å²) in [6.07, 6.45) is 1.46. The molecule has 0 saturated carbocycles. The van der Waals surface area contributed by atoms with Crippen LogP contribution in [0.3, 0.4) is 0 Å². The van der Waals surface area contributed by atoms with Crippen LogP contribution < -0.4 is 10.1 Å². The maximum Gasteiger partial charge on any atom is 0.338 e. The number of anilines is 1. The van der Waals surface area contributed by atoms with Gasteiger partial charge in [-0.3, -0.25) is 0 Å². The molecule has 0 bridgehead atoms. The number of nitrogens with one attached hydrogen (secondary N) is 1. The van der Waals surface area contributed by atoms with Crippen LogP contribution >= 0.6 is 11.8 Å². The second-order valence-electron chi connectivity index (χ2n) is 5.67. The van der Waals surface area contributed by atoms with Gasteiger partial charge in [0.05, 0.1) is 12.7 Å². The number of ether oxygens (including phenoxy) is 2. The number of carbonyl (C=O) groups excluding carboxylic acids is 1. The lowest BCUT2D eigenvalue weighted by molar-refractivity contribution is -0.138. The van der Waals surface area contributed by atoms with Crippen molar-refractivity contribution in [3.05, 3.63) is 47.4 Å². The molecule has 1 atom stereocenters. The molecule has 0 amide bonds. The zero-order valence-corrected chi connectivity index (χ0v) is 15.9. The SMILES string of the molecule is CCSCCOC(=O)C1=C(C)Nc2ncnn2[C@@H]1c1ccccc1OC. The first-order valence-electron chi connectivity index (χ1n) is 8.42. The molecule has 0 radical (unpaired) electrons. The molecule has 1 aromatic heterocycles. The van der Waals surface area contributed by atoms with Crippen molar-refractivity contribution >= 4 is 23.7 Å². The predicted molar refractivity (Wildman–Crippen MR) is 101 cm³/mol. The molecule has 1 aliphatic heterocycles. The van der Waals surface area contributed by atoms with Crippen molar-refractivity contribution in [1.82, 2.24) is 14.8 Å². The van der Waals surface area contributed by atoms with E-state index in [1.54, 1.807) is 23.6 Å². The fraction of sp³-hybridized carbons (Fsp3) is 0.389. The normalized spacial score (nSPS) is 16.0. The van der Waals surface area contributed by atoms with Crippen molar-refractivity contribution in [1.29, 1.82) is 0 Å². The van der Waals surface area contributed by atoms with E-state index in [0.717, 1.165) is 17.1 Å². The quantitative estimate of drug-likeness (QED) is 0.590. The topological polar surface area (TPSA) is 78.3 Å². The minimum absolute atomic E-state index is 0.358. The fourth-order valence-electron chi connectivity index (χ4n) is 2.95. The van der Waals surface area contributed by atoms with Gasteiger partial charge in [0.2, 0.25) is 5.95 Å². The highest BCUT2D eigenvalue weighted by Crippen LogP contribution is 2.38. The van der Waals surface area contributed by atoms with Crippen molar-refractivity contribution in [3.8, 4) is 5.75 Å². The van der Waals surface area contributed by atoms with Crippen LogP contribution in [0, 0.1) is 0 Å². The predicted octanol–water partition coefficient (Wildman–Crippen LogP) is 2.87. The number of nitrogens with zero attached hydrogens (tertiary/aromatic N) is 3. The van der Waals surface area contributed by atoms with Gasteiger partial charge in [-0.2, -0.15) is 21.8 Å². The lowest BCUT2D eigenvalue weighted by Crippen LogP contribution is -2.30. The van der Waals surface area contributed by atoms with Crippen LogP contribution in [-0.4, -0.2) is 46.0 Å². The van der Waals surface area contributed by atoms with Crippen LogP contribution in [0.2, 0.25) is 0 Å². The van der Waals surface area contributed by atoms with Gasteiger partial charge < -0.3 is 14.8 Å². The van der Waals surface area contributed by atoms with Gasteiger partial charge in [-0.25, -0.2) is 9.48 Å². The minimum atomic E-state index is -0.462. The molecule has 8 heteroatoms. The van der Waals surface area contributed by atoms with E-state index in [-0.39, 0.29) is 5.97 Å². The molecule has 1 N–H and O–H groups in total. The first kappa shape index (κ1) is 18.3. The standard InChI is InChI=1S/C18H22N4O3S/c1-4-26-10-9-25-17(23)15-12(2)21-18-19-11-20-22(18)16(15)13-7-5-6-8-14(13)24-3/h5-8,11,16H,4,9-10H2,1-3H3,(H,19,20,21)/t16-/m1/s1. The van der Waals surface area contributed by atoms with Gasteiger partial charge in [0.1, 0.15) is 24.7 Å². The lowest BCUT2D eigenvalue weighted by Gasteiger charge is -2.29.